The summed E-state index contributed by atoms with van der Waals surface area (Å²) in [5.74, 6) is 0.707. The number of hydrogen-bond donors (Lipinski definition) is 1. The molecule has 0 aliphatic heterocycles. The monoisotopic (exact) mass is 252 g/mol. The minimum Gasteiger partial charge on any atom is -0.484 e. The maximum Gasteiger partial charge on any atom is 0.136 e. The third-order valence-corrected chi connectivity index (χ3v) is 2.97. The van der Waals surface area contributed by atoms with Crippen LogP contribution >= 0.6 is 0 Å². The van der Waals surface area contributed by atoms with Gasteiger partial charge in [0.15, 0.2) is 0 Å². The highest BCUT2D eigenvalue weighted by molar-refractivity contribution is 5.42. The first-order valence-electron chi connectivity index (χ1n) is 6.17. The minimum atomic E-state index is -0.200. The average Bonchev–Trinajstić information content (AvgIpc) is 2.47. The van der Waals surface area contributed by atoms with Gasteiger partial charge in [0.25, 0.3) is 0 Å². The summed E-state index contributed by atoms with van der Waals surface area (Å²) in [5, 5.41) is 8.93. The molecule has 1 unspecified atom stereocenters. The van der Waals surface area contributed by atoms with E-state index in [2.05, 4.69) is 6.07 Å². The van der Waals surface area contributed by atoms with E-state index in [1.165, 1.54) is 0 Å². The Morgan fingerprint density at radius 3 is 2.58 bits per heavy atom. The summed E-state index contributed by atoms with van der Waals surface area (Å²) >= 11 is 0. The summed E-state index contributed by atoms with van der Waals surface area (Å²) in [7, 11) is 0. The fourth-order valence-corrected chi connectivity index (χ4v) is 1.87. The van der Waals surface area contributed by atoms with Crippen molar-refractivity contribution in [2.45, 2.75) is 13.0 Å². The second-order valence-corrected chi connectivity index (χ2v) is 4.34. The van der Waals surface area contributed by atoms with Gasteiger partial charge in [-0.15, -0.1) is 0 Å². The highest BCUT2D eigenvalue weighted by Crippen LogP contribution is 2.25. The molecule has 0 bridgehead atoms. The lowest BCUT2D eigenvalue weighted by Gasteiger charge is -2.19. The van der Waals surface area contributed by atoms with Crippen LogP contribution < -0.4 is 10.5 Å². The molecule has 19 heavy (non-hydrogen) atoms. The molecule has 2 N–H and O–H groups in total. The molecular formula is C16H16N2O. The summed E-state index contributed by atoms with van der Waals surface area (Å²) < 4.78 is 5.95. The van der Waals surface area contributed by atoms with Crippen molar-refractivity contribution in [2.75, 3.05) is 6.54 Å². The summed E-state index contributed by atoms with van der Waals surface area (Å²) in [5.41, 5.74) is 8.40. The molecule has 0 aliphatic carbocycles. The molecule has 0 saturated heterocycles. The Morgan fingerprint density at radius 2 is 1.95 bits per heavy atom. The van der Waals surface area contributed by atoms with Crippen LogP contribution in [0.15, 0.2) is 48.5 Å². The quantitative estimate of drug-likeness (QED) is 0.910. The first-order valence-corrected chi connectivity index (χ1v) is 6.17. The van der Waals surface area contributed by atoms with Crippen LogP contribution in [0, 0.1) is 18.3 Å². The Kier molecular flexibility index (Phi) is 4.17. The first-order chi connectivity index (χ1) is 9.24. The maximum atomic E-state index is 8.93. The van der Waals surface area contributed by atoms with E-state index in [0.29, 0.717) is 17.9 Å². The van der Waals surface area contributed by atoms with Gasteiger partial charge in [-0.05, 0) is 30.2 Å². The third kappa shape index (κ3) is 3.12. The smallest absolute Gasteiger partial charge is 0.136 e. The summed E-state index contributed by atoms with van der Waals surface area (Å²) in [6.45, 7) is 2.34. The van der Waals surface area contributed by atoms with E-state index < -0.39 is 0 Å². The van der Waals surface area contributed by atoms with Gasteiger partial charge in [0, 0.05) is 6.54 Å². The minimum absolute atomic E-state index is 0.200. The molecule has 0 amide bonds. The van der Waals surface area contributed by atoms with Crippen molar-refractivity contribution in [2.24, 2.45) is 5.73 Å². The van der Waals surface area contributed by atoms with Crippen molar-refractivity contribution in [1.82, 2.24) is 0 Å². The molecule has 0 aromatic heterocycles. The van der Waals surface area contributed by atoms with Crippen LogP contribution in [0.5, 0.6) is 5.75 Å². The Balaban J connectivity index is 2.26. The van der Waals surface area contributed by atoms with Crippen molar-refractivity contribution < 1.29 is 4.74 Å². The Hall–Kier alpha value is -2.31. The Bertz CT molecular complexity index is 587. The van der Waals surface area contributed by atoms with Gasteiger partial charge in [0.1, 0.15) is 11.9 Å². The largest absolute Gasteiger partial charge is 0.484 e. The molecule has 96 valence electrons. The lowest BCUT2D eigenvalue weighted by molar-refractivity contribution is 0.213. The number of nitrogens with two attached hydrogens (primary N) is 1. The molecule has 1 atom stereocenters. The fraction of sp³-hybridized carbons (Fsp3) is 0.188. The van der Waals surface area contributed by atoms with Crippen molar-refractivity contribution >= 4 is 0 Å². The van der Waals surface area contributed by atoms with Gasteiger partial charge in [0.2, 0.25) is 0 Å². The standard InChI is InChI=1S/C16H16N2O/c1-12-7-8-13(10-17)9-15(12)19-16(11-18)14-5-3-2-4-6-14/h2-9,16H,11,18H2,1H3. The van der Waals surface area contributed by atoms with Crippen molar-refractivity contribution in [1.29, 1.82) is 5.26 Å². The van der Waals surface area contributed by atoms with Gasteiger partial charge in [0.05, 0.1) is 11.6 Å². The van der Waals surface area contributed by atoms with Crippen LogP contribution in [-0.2, 0) is 0 Å². The highest BCUT2D eigenvalue weighted by atomic mass is 16.5. The zero-order valence-corrected chi connectivity index (χ0v) is 10.8. The van der Waals surface area contributed by atoms with Crippen LogP contribution in [0.4, 0.5) is 0 Å². The molecule has 0 radical (unpaired) electrons. The summed E-state index contributed by atoms with van der Waals surface area (Å²) in [4.78, 5) is 0. The van der Waals surface area contributed by atoms with E-state index in [4.69, 9.17) is 15.7 Å². The maximum absolute atomic E-state index is 8.93. The van der Waals surface area contributed by atoms with E-state index in [1.54, 1.807) is 12.1 Å². The van der Waals surface area contributed by atoms with Gasteiger partial charge in [-0.1, -0.05) is 36.4 Å². The lowest BCUT2D eigenvalue weighted by Crippen LogP contribution is -2.18. The Labute approximate surface area is 113 Å². The van der Waals surface area contributed by atoms with E-state index in [-0.39, 0.29) is 6.10 Å². The molecule has 2 aromatic rings. The SMILES string of the molecule is Cc1ccc(C#N)cc1OC(CN)c1ccccc1. The fourth-order valence-electron chi connectivity index (χ4n) is 1.87. The molecule has 3 nitrogen and oxygen atoms in total. The molecule has 2 aromatic carbocycles. The second kappa shape index (κ2) is 6.03. The summed E-state index contributed by atoms with van der Waals surface area (Å²) in [6.07, 6.45) is -0.200. The van der Waals surface area contributed by atoms with Crippen molar-refractivity contribution in [3.63, 3.8) is 0 Å². The van der Waals surface area contributed by atoms with Crippen LogP contribution in [0.3, 0.4) is 0 Å². The van der Waals surface area contributed by atoms with Crippen LogP contribution in [0.2, 0.25) is 0 Å². The van der Waals surface area contributed by atoms with Gasteiger partial charge in [-0.25, -0.2) is 0 Å². The van der Waals surface area contributed by atoms with E-state index in [0.717, 1.165) is 11.1 Å². The molecule has 0 saturated carbocycles. The predicted octanol–water partition coefficient (Wildman–Crippen LogP) is 2.95. The number of nitriles is 1. The number of benzene rings is 2. The van der Waals surface area contributed by atoms with Gasteiger partial charge in [-0.3, -0.25) is 0 Å². The van der Waals surface area contributed by atoms with Crippen LogP contribution in [0.1, 0.15) is 22.8 Å². The van der Waals surface area contributed by atoms with E-state index in [9.17, 15) is 0 Å². The van der Waals surface area contributed by atoms with Gasteiger partial charge >= 0.3 is 0 Å². The van der Waals surface area contributed by atoms with Crippen LogP contribution in [0.25, 0.3) is 0 Å². The van der Waals surface area contributed by atoms with Crippen molar-refractivity contribution in [3.05, 3.63) is 65.2 Å². The van der Waals surface area contributed by atoms with E-state index in [1.807, 2.05) is 43.3 Å². The Morgan fingerprint density at radius 1 is 1.21 bits per heavy atom. The second-order valence-electron chi connectivity index (χ2n) is 4.34. The van der Waals surface area contributed by atoms with E-state index >= 15 is 0 Å². The molecular weight excluding hydrogens is 236 g/mol. The number of hydrogen-bond acceptors (Lipinski definition) is 3. The average molecular weight is 252 g/mol. The summed E-state index contributed by atoms with van der Waals surface area (Å²) in [6, 6.07) is 17.4. The molecule has 3 heteroatoms. The first kappa shape index (κ1) is 13.1. The number of ether oxygens (including phenoxy) is 1. The van der Waals surface area contributed by atoms with Crippen molar-refractivity contribution in [3.8, 4) is 11.8 Å². The lowest BCUT2D eigenvalue weighted by atomic mass is 10.1. The zero-order valence-electron chi connectivity index (χ0n) is 10.8. The zero-order chi connectivity index (χ0) is 13.7. The molecule has 0 spiro atoms. The van der Waals surface area contributed by atoms with Gasteiger partial charge in [-0.2, -0.15) is 5.26 Å². The number of aryl methyl sites for hydroxylation is 1. The highest BCUT2D eigenvalue weighted by Gasteiger charge is 2.12. The molecule has 0 aliphatic rings. The van der Waals surface area contributed by atoms with Gasteiger partial charge < -0.3 is 10.5 Å². The molecule has 2 rings (SSSR count). The van der Waals surface area contributed by atoms with Crippen LogP contribution in [-0.4, -0.2) is 6.54 Å². The topological polar surface area (TPSA) is 59.0 Å². The number of rotatable bonds is 4. The number of nitrogens with zero attached hydrogens (tertiary/aromatic N) is 1. The normalized spacial score (nSPS) is 11.6. The third-order valence-electron chi connectivity index (χ3n) is 2.97. The predicted molar refractivity (Wildman–Crippen MR) is 74.8 cm³/mol. The molecule has 0 fully saturated rings. The molecule has 0 heterocycles.